The maximum atomic E-state index is 12.2. The maximum Gasteiger partial charge on any atom is 0.469 e. The van der Waals surface area contributed by atoms with E-state index in [2.05, 4.69) is 67.0 Å². The SMILES string of the molecule is CC/C=C\C/C=C\C/C=C\C/C=C\CCC(=O)OC(COC(=O)CCCCCCC/C=C\CCCCC)COP(=O)(O)O. The summed E-state index contributed by atoms with van der Waals surface area (Å²) in [6.45, 7) is 3.43. The Balaban J connectivity index is 4.19. The van der Waals surface area contributed by atoms with Crippen molar-refractivity contribution in [2.24, 2.45) is 0 Å². The van der Waals surface area contributed by atoms with E-state index in [9.17, 15) is 14.2 Å². The minimum absolute atomic E-state index is 0.0865. The molecule has 8 nitrogen and oxygen atoms in total. The van der Waals surface area contributed by atoms with E-state index in [1.54, 1.807) is 0 Å². The summed E-state index contributed by atoms with van der Waals surface area (Å²) in [5, 5.41) is 0. The van der Waals surface area contributed by atoms with E-state index in [1.807, 2.05) is 12.2 Å². The highest BCUT2D eigenvalue weighted by Crippen LogP contribution is 2.35. The lowest BCUT2D eigenvalue weighted by Crippen LogP contribution is -2.29. The van der Waals surface area contributed by atoms with Gasteiger partial charge in [0.1, 0.15) is 6.61 Å². The molecule has 0 rings (SSSR count). The molecule has 2 N–H and O–H groups in total. The molecule has 0 saturated heterocycles. The Morgan fingerprint density at radius 1 is 0.628 bits per heavy atom. The molecule has 246 valence electrons. The van der Waals surface area contributed by atoms with Crippen LogP contribution in [0.2, 0.25) is 0 Å². The molecule has 0 aliphatic rings. The summed E-state index contributed by atoms with van der Waals surface area (Å²) in [6.07, 6.45) is 35.3. The molecule has 43 heavy (non-hydrogen) atoms. The molecule has 0 saturated carbocycles. The van der Waals surface area contributed by atoms with Crippen molar-refractivity contribution < 1.29 is 37.9 Å². The average Bonchev–Trinajstić information content (AvgIpc) is 2.97. The lowest BCUT2D eigenvalue weighted by molar-refractivity contribution is -0.161. The van der Waals surface area contributed by atoms with Crippen molar-refractivity contribution in [1.29, 1.82) is 0 Å². The van der Waals surface area contributed by atoms with Gasteiger partial charge in [-0.1, -0.05) is 107 Å². The molecule has 0 aromatic heterocycles. The van der Waals surface area contributed by atoms with Gasteiger partial charge in [0, 0.05) is 12.8 Å². The van der Waals surface area contributed by atoms with Crippen molar-refractivity contribution in [3.05, 3.63) is 60.8 Å². The number of phosphoric ester groups is 1. The van der Waals surface area contributed by atoms with Crippen LogP contribution >= 0.6 is 7.82 Å². The molecule has 0 heterocycles. The Morgan fingerprint density at radius 2 is 1.16 bits per heavy atom. The van der Waals surface area contributed by atoms with Crippen LogP contribution in [0.5, 0.6) is 0 Å². The summed E-state index contributed by atoms with van der Waals surface area (Å²) in [7, 11) is -4.76. The first-order chi connectivity index (χ1) is 20.8. The molecule has 0 bridgehead atoms. The van der Waals surface area contributed by atoms with Crippen LogP contribution in [0.4, 0.5) is 0 Å². The first-order valence-corrected chi connectivity index (χ1v) is 17.6. The fourth-order valence-electron chi connectivity index (χ4n) is 3.91. The Labute approximate surface area is 260 Å². The number of hydrogen-bond donors (Lipinski definition) is 2. The van der Waals surface area contributed by atoms with E-state index in [0.29, 0.717) is 12.8 Å². The van der Waals surface area contributed by atoms with Gasteiger partial charge in [-0.15, -0.1) is 0 Å². The molecule has 1 unspecified atom stereocenters. The van der Waals surface area contributed by atoms with Gasteiger partial charge in [0.25, 0.3) is 0 Å². The molecule has 0 aliphatic carbocycles. The lowest BCUT2D eigenvalue weighted by Gasteiger charge is -2.18. The molecule has 0 aromatic rings. The molecule has 0 spiro atoms. The predicted octanol–water partition coefficient (Wildman–Crippen LogP) is 9.00. The molecule has 1 atom stereocenters. The number of allylic oxidation sites excluding steroid dienone is 10. The first-order valence-electron chi connectivity index (χ1n) is 16.1. The van der Waals surface area contributed by atoms with Crippen molar-refractivity contribution in [3.63, 3.8) is 0 Å². The van der Waals surface area contributed by atoms with E-state index < -0.39 is 32.5 Å². The molecule has 0 radical (unpaired) electrons. The molecule has 9 heteroatoms. The number of unbranched alkanes of at least 4 members (excludes halogenated alkanes) is 8. The number of carbonyl (C=O) groups excluding carboxylic acids is 2. The number of rotatable bonds is 28. The van der Waals surface area contributed by atoms with Gasteiger partial charge in [-0.25, -0.2) is 4.57 Å². The minimum Gasteiger partial charge on any atom is -0.462 e. The van der Waals surface area contributed by atoms with Gasteiger partial charge >= 0.3 is 19.8 Å². The number of ether oxygens (including phenoxy) is 2. The van der Waals surface area contributed by atoms with Gasteiger partial charge in [-0.3, -0.25) is 14.1 Å². The summed E-state index contributed by atoms with van der Waals surface area (Å²) >= 11 is 0. The summed E-state index contributed by atoms with van der Waals surface area (Å²) in [6, 6.07) is 0. The van der Waals surface area contributed by atoms with Crippen LogP contribution in [0, 0.1) is 0 Å². The van der Waals surface area contributed by atoms with Gasteiger partial charge in [-0.05, 0) is 64.2 Å². The second kappa shape index (κ2) is 29.8. The van der Waals surface area contributed by atoms with E-state index in [4.69, 9.17) is 19.3 Å². The molecule has 0 aromatic carbocycles. The quantitative estimate of drug-likeness (QED) is 0.0383. The number of carbonyl (C=O) groups is 2. The Kier molecular flexibility index (Phi) is 28.2. The monoisotopic (exact) mass is 624 g/mol. The number of esters is 2. The second-order valence-corrected chi connectivity index (χ2v) is 11.6. The lowest BCUT2D eigenvalue weighted by atomic mass is 10.1. The molecule has 0 aliphatic heterocycles. The van der Waals surface area contributed by atoms with Crippen LogP contribution in [-0.2, 0) is 28.2 Å². The van der Waals surface area contributed by atoms with Gasteiger partial charge in [0.05, 0.1) is 6.61 Å². The third-order valence-corrected chi connectivity index (χ3v) is 6.77. The molecule has 0 amide bonds. The van der Waals surface area contributed by atoms with E-state index >= 15 is 0 Å². The summed E-state index contributed by atoms with van der Waals surface area (Å²) < 4.78 is 26.1. The van der Waals surface area contributed by atoms with Crippen LogP contribution in [0.3, 0.4) is 0 Å². The third kappa shape index (κ3) is 32.5. The van der Waals surface area contributed by atoms with E-state index in [-0.39, 0.29) is 19.4 Å². The van der Waals surface area contributed by atoms with Crippen molar-refractivity contribution >= 4 is 19.8 Å². The van der Waals surface area contributed by atoms with Gasteiger partial charge in [0.15, 0.2) is 6.10 Å². The maximum absolute atomic E-state index is 12.2. The molecular formula is C34H57O8P. The van der Waals surface area contributed by atoms with Gasteiger partial charge in [-0.2, -0.15) is 0 Å². The molecule has 0 fully saturated rings. The van der Waals surface area contributed by atoms with Crippen LogP contribution in [0.25, 0.3) is 0 Å². The molecular weight excluding hydrogens is 567 g/mol. The third-order valence-electron chi connectivity index (χ3n) is 6.28. The Hall–Kier alpha value is -2.25. The van der Waals surface area contributed by atoms with Crippen molar-refractivity contribution in [1.82, 2.24) is 0 Å². The van der Waals surface area contributed by atoms with Crippen LogP contribution in [-0.4, -0.2) is 41.0 Å². The average molecular weight is 625 g/mol. The number of phosphoric acid groups is 1. The zero-order chi connectivity index (χ0) is 31.9. The zero-order valence-electron chi connectivity index (χ0n) is 26.6. The van der Waals surface area contributed by atoms with E-state index in [0.717, 1.165) is 64.2 Å². The highest BCUT2D eigenvalue weighted by atomic mass is 31.2. The predicted molar refractivity (Wildman–Crippen MR) is 174 cm³/mol. The Morgan fingerprint density at radius 3 is 1.77 bits per heavy atom. The topological polar surface area (TPSA) is 119 Å². The van der Waals surface area contributed by atoms with Crippen LogP contribution in [0.15, 0.2) is 60.8 Å². The fraction of sp³-hybridized carbons (Fsp3) is 0.647. The normalized spacial score (nSPS) is 13.3. The van der Waals surface area contributed by atoms with Gasteiger partial charge in [0.2, 0.25) is 0 Å². The highest BCUT2D eigenvalue weighted by Gasteiger charge is 2.22. The largest absolute Gasteiger partial charge is 0.469 e. The second-order valence-electron chi connectivity index (χ2n) is 10.4. The first kappa shape index (κ1) is 40.8. The van der Waals surface area contributed by atoms with Crippen LogP contribution in [0.1, 0.15) is 123 Å². The minimum atomic E-state index is -4.76. The Bertz CT molecular complexity index is 885. The van der Waals surface area contributed by atoms with Crippen LogP contribution < -0.4 is 0 Å². The zero-order valence-corrected chi connectivity index (χ0v) is 27.5. The fourth-order valence-corrected chi connectivity index (χ4v) is 4.27. The van der Waals surface area contributed by atoms with E-state index in [1.165, 1.54) is 19.3 Å². The van der Waals surface area contributed by atoms with Crippen molar-refractivity contribution in [2.45, 2.75) is 129 Å². The van der Waals surface area contributed by atoms with Crippen molar-refractivity contribution in [2.75, 3.05) is 13.2 Å². The van der Waals surface area contributed by atoms with Crippen molar-refractivity contribution in [3.8, 4) is 0 Å². The highest BCUT2D eigenvalue weighted by molar-refractivity contribution is 7.46. The summed E-state index contributed by atoms with van der Waals surface area (Å²) in [5.41, 5.74) is 0. The van der Waals surface area contributed by atoms with Gasteiger partial charge < -0.3 is 19.3 Å². The smallest absolute Gasteiger partial charge is 0.462 e. The number of hydrogen-bond acceptors (Lipinski definition) is 6. The summed E-state index contributed by atoms with van der Waals surface area (Å²) in [4.78, 5) is 42.4. The summed E-state index contributed by atoms with van der Waals surface area (Å²) in [5.74, 6) is -0.999. The standard InChI is InChI=1S/C34H57O8P/c1-3-5-7-9-11-13-15-17-19-21-23-25-27-29-34(36)42-32(31-41-43(37,38)39)30-40-33(35)28-26-24-22-20-18-16-14-12-10-8-6-4-2/h5,7,11-14,17,19,23,25,32H,3-4,6,8-10,15-16,18,20-22,24,26-31H2,1-2H3,(H2,37,38,39)/b7-5-,13-11-,14-12-,19-17-,25-23-.